The van der Waals surface area contributed by atoms with Crippen molar-refractivity contribution >= 4 is 17.3 Å². The molecule has 2 aromatic carbocycles. The molecule has 2 aliphatic rings. The number of amides is 1. The maximum atomic E-state index is 12.8. The van der Waals surface area contributed by atoms with Gasteiger partial charge >= 0.3 is 0 Å². The summed E-state index contributed by atoms with van der Waals surface area (Å²) in [6.07, 6.45) is 2.63. The van der Waals surface area contributed by atoms with Gasteiger partial charge in [0, 0.05) is 24.5 Å². The first-order chi connectivity index (χ1) is 12.2. The first kappa shape index (κ1) is 16.2. The zero-order chi connectivity index (χ0) is 17.2. The van der Waals surface area contributed by atoms with Crippen molar-refractivity contribution in [3.63, 3.8) is 0 Å². The Bertz CT molecular complexity index is 760. The lowest BCUT2D eigenvalue weighted by atomic mass is 10.1. The van der Waals surface area contributed by atoms with Crippen molar-refractivity contribution in [2.45, 2.75) is 38.3 Å². The highest BCUT2D eigenvalue weighted by Gasteiger charge is 2.27. The number of nitrogens with one attached hydrogen (secondary N) is 1. The molecule has 25 heavy (non-hydrogen) atoms. The molecule has 1 fully saturated rings. The van der Waals surface area contributed by atoms with Gasteiger partial charge in [-0.3, -0.25) is 4.79 Å². The second-order valence-electron chi connectivity index (χ2n) is 6.92. The first-order valence-electron chi connectivity index (χ1n) is 9.06. The van der Waals surface area contributed by atoms with Crippen LogP contribution >= 0.6 is 0 Å². The second-order valence-corrected chi connectivity index (χ2v) is 6.92. The molecule has 2 atom stereocenters. The lowest BCUT2D eigenvalue weighted by molar-refractivity contribution is -0.117. The highest BCUT2D eigenvalue weighted by atomic mass is 16.5. The van der Waals surface area contributed by atoms with Gasteiger partial charge in [-0.1, -0.05) is 36.4 Å². The Labute approximate surface area is 148 Å². The van der Waals surface area contributed by atoms with Gasteiger partial charge in [-0.15, -0.1) is 0 Å². The fraction of sp³-hybridized carbons (Fsp3) is 0.381. The Morgan fingerprint density at radius 2 is 2.08 bits per heavy atom. The third kappa shape index (κ3) is 3.40. The molecular weight excluding hydrogens is 312 g/mol. The summed E-state index contributed by atoms with van der Waals surface area (Å²) in [5, 5.41) is 3.57. The molecule has 0 saturated carbocycles. The molecule has 2 heterocycles. The number of carbonyl (C=O) groups excluding carboxylic acids is 1. The van der Waals surface area contributed by atoms with Crippen LogP contribution in [0.1, 0.15) is 24.5 Å². The van der Waals surface area contributed by atoms with Crippen LogP contribution in [0.4, 0.5) is 11.4 Å². The standard InChI is InChI=1S/C21H24N2O2/c1-15-19(10-12-25-15)22-18-8-7-17-9-11-23(20(17)14-18)21(24)13-16-5-3-2-4-6-16/h2-8,14-15,19,22H,9-13H2,1H3/t15-,19-/m0/s1. The average molecular weight is 336 g/mol. The van der Waals surface area contributed by atoms with E-state index in [2.05, 4.69) is 30.4 Å². The molecule has 1 N–H and O–H groups in total. The van der Waals surface area contributed by atoms with Crippen LogP contribution in [-0.2, 0) is 22.4 Å². The van der Waals surface area contributed by atoms with E-state index in [1.54, 1.807) is 0 Å². The molecule has 130 valence electrons. The fourth-order valence-electron chi connectivity index (χ4n) is 3.73. The third-order valence-electron chi connectivity index (χ3n) is 5.21. The number of fused-ring (bicyclic) bond motifs is 1. The molecule has 0 spiro atoms. The predicted molar refractivity (Wildman–Crippen MR) is 100 cm³/mol. The number of hydrogen-bond acceptors (Lipinski definition) is 3. The molecule has 4 heteroatoms. The van der Waals surface area contributed by atoms with E-state index in [1.165, 1.54) is 5.56 Å². The Balaban J connectivity index is 1.50. The SMILES string of the molecule is C[C@@H]1OCC[C@@H]1Nc1ccc2c(c1)N(C(=O)Cc1ccccc1)CC2. The first-order valence-corrected chi connectivity index (χ1v) is 9.06. The quantitative estimate of drug-likeness (QED) is 0.930. The molecule has 1 saturated heterocycles. The van der Waals surface area contributed by atoms with Gasteiger partial charge in [0.05, 0.1) is 18.6 Å². The second kappa shape index (κ2) is 6.89. The number of anilines is 2. The lowest BCUT2D eigenvalue weighted by Gasteiger charge is -2.21. The van der Waals surface area contributed by atoms with Crippen LogP contribution in [0.15, 0.2) is 48.5 Å². The van der Waals surface area contributed by atoms with Crippen molar-refractivity contribution in [1.29, 1.82) is 0 Å². The molecule has 4 rings (SSSR count). The molecule has 4 nitrogen and oxygen atoms in total. The Hall–Kier alpha value is -2.33. The normalized spacial score (nSPS) is 22.0. The van der Waals surface area contributed by atoms with Gasteiger partial charge in [-0.25, -0.2) is 0 Å². The van der Waals surface area contributed by atoms with E-state index < -0.39 is 0 Å². The molecule has 0 aliphatic carbocycles. The van der Waals surface area contributed by atoms with Crippen LogP contribution < -0.4 is 10.2 Å². The number of hydrogen-bond donors (Lipinski definition) is 1. The monoisotopic (exact) mass is 336 g/mol. The smallest absolute Gasteiger partial charge is 0.231 e. The zero-order valence-corrected chi connectivity index (χ0v) is 14.6. The minimum absolute atomic E-state index is 0.166. The molecular formula is C21H24N2O2. The minimum Gasteiger partial charge on any atom is -0.380 e. The largest absolute Gasteiger partial charge is 0.380 e. The van der Waals surface area contributed by atoms with E-state index in [9.17, 15) is 4.79 Å². The van der Waals surface area contributed by atoms with E-state index in [4.69, 9.17) is 4.74 Å². The van der Waals surface area contributed by atoms with Crippen molar-refractivity contribution in [3.05, 3.63) is 59.7 Å². The minimum atomic E-state index is 0.166. The van der Waals surface area contributed by atoms with Gasteiger partial charge < -0.3 is 15.0 Å². The summed E-state index contributed by atoms with van der Waals surface area (Å²) < 4.78 is 5.63. The van der Waals surface area contributed by atoms with Gasteiger partial charge in [0.2, 0.25) is 5.91 Å². The third-order valence-corrected chi connectivity index (χ3v) is 5.21. The maximum Gasteiger partial charge on any atom is 0.231 e. The summed E-state index contributed by atoms with van der Waals surface area (Å²) >= 11 is 0. The van der Waals surface area contributed by atoms with Gasteiger partial charge in [0.25, 0.3) is 0 Å². The van der Waals surface area contributed by atoms with Crippen molar-refractivity contribution in [3.8, 4) is 0 Å². The average Bonchev–Trinajstić information content (AvgIpc) is 3.22. The van der Waals surface area contributed by atoms with Gasteiger partial charge in [0.1, 0.15) is 0 Å². The molecule has 0 radical (unpaired) electrons. The topological polar surface area (TPSA) is 41.6 Å². The van der Waals surface area contributed by atoms with Crippen LogP contribution in [0.2, 0.25) is 0 Å². The molecule has 0 aromatic heterocycles. The fourth-order valence-corrected chi connectivity index (χ4v) is 3.73. The molecule has 2 aromatic rings. The molecule has 0 bridgehead atoms. The van der Waals surface area contributed by atoms with Crippen molar-refractivity contribution in [2.75, 3.05) is 23.4 Å². The summed E-state index contributed by atoms with van der Waals surface area (Å²) in [4.78, 5) is 14.7. The van der Waals surface area contributed by atoms with Crippen molar-refractivity contribution < 1.29 is 9.53 Å². The van der Waals surface area contributed by atoms with Crippen LogP contribution in [0.25, 0.3) is 0 Å². The summed E-state index contributed by atoms with van der Waals surface area (Å²) in [6, 6.07) is 16.7. The number of benzene rings is 2. The van der Waals surface area contributed by atoms with Crippen LogP contribution in [-0.4, -0.2) is 31.2 Å². The van der Waals surface area contributed by atoms with Crippen LogP contribution in [0.3, 0.4) is 0 Å². The number of nitrogens with zero attached hydrogens (tertiary/aromatic N) is 1. The van der Waals surface area contributed by atoms with Crippen LogP contribution in [0.5, 0.6) is 0 Å². The number of rotatable bonds is 4. The molecule has 1 amide bonds. The Morgan fingerprint density at radius 3 is 2.84 bits per heavy atom. The summed E-state index contributed by atoms with van der Waals surface area (Å²) in [6.45, 7) is 3.69. The van der Waals surface area contributed by atoms with Crippen molar-refractivity contribution in [2.24, 2.45) is 0 Å². The van der Waals surface area contributed by atoms with Gasteiger partial charge in [-0.05, 0) is 43.0 Å². The van der Waals surface area contributed by atoms with E-state index in [0.29, 0.717) is 12.5 Å². The van der Waals surface area contributed by atoms with E-state index in [0.717, 1.165) is 42.9 Å². The molecule has 2 aliphatic heterocycles. The maximum absolute atomic E-state index is 12.8. The van der Waals surface area contributed by atoms with Gasteiger partial charge in [-0.2, -0.15) is 0 Å². The zero-order valence-electron chi connectivity index (χ0n) is 14.6. The van der Waals surface area contributed by atoms with E-state index >= 15 is 0 Å². The van der Waals surface area contributed by atoms with Crippen molar-refractivity contribution in [1.82, 2.24) is 0 Å². The predicted octanol–water partition coefficient (Wildman–Crippen LogP) is 3.41. The summed E-state index contributed by atoms with van der Waals surface area (Å²) in [5.41, 5.74) is 4.44. The number of carbonyl (C=O) groups is 1. The van der Waals surface area contributed by atoms with Gasteiger partial charge in [0.15, 0.2) is 0 Å². The summed E-state index contributed by atoms with van der Waals surface area (Å²) in [5.74, 6) is 0.166. The van der Waals surface area contributed by atoms with E-state index in [1.807, 2.05) is 35.2 Å². The highest BCUT2D eigenvalue weighted by molar-refractivity contribution is 5.97. The Morgan fingerprint density at radius 1 is 1.24 bits per heavy atom. The lowest BCUT2D eigenvalue weighted by Crippen LogP contribution is -2.30. The van der Waals surface area contributed by atoms with Crippen LogP contribution in [0, 0.1) is 0 Å². The number of ether oxygens (including phenoxy) is 1. The molecule has 0 unspecified atom stereocenters. The highest BCUT2D eigenvalue weighted by Crippen LogP contribution is 2.32. The van der Waals surface area contributed by atoms with E-state index in [-0.39, 0.29) is 12.0 Å². The summed E-state index contributed by atoms with van der Waals surface area (Å²) in [7, 11) is 0. The Kier molecular flexibility index (Phi) is 4.45.